The summed E-state index contributed by atoms with van der Waals surface area (Å²) in [6.07, 6.45) is 1.63. The van der Waals surface area contributed by atoms with Crippen LogP contribution in [0.15, 0.2) is 35.2 Å². The highest BCUT2D eigenvalue weighted by atomic mass is 32.1. The molecule has 1 rings (SSSR count). The molecule has 0 saturated carbocycles. The van der Waals surface area contributed by atoms with Gasteiger partial charge in [-0.2, -0.15) is 13.2 Å². The highest BCUT2D eigenvalue weighted by molar-refractivity contribution is 7.10. The summed E-state index contributed by atoms with van der Waals surface area (Å²) in [5.41, 5.74) is 0.728. The Balaban J connectivity index is 2.77. The lowest BCUT2D eigenvalue weighted by atomic mass is 10.1. The maximum absolute atomic E-state index is 12.1. The third kappa shape index (κ3) is 6.31. The van der Waals surface area contributed by atoms with Gasteiger partial charge in [0.15, 0.2) is 0 Å². The molecule has 0 atom stereocenters. The molecule has 0 fully saturated rings. The minimum Gasteiger partial charge on any atom is -0.167 e. The number of halogens is 3. The second kappa shape index (κ2) is 6.64. The van der Waals surface area contributed by atoms with E-state index >= 15 is 0 Å². The van der Waals surface area contributed by atoms with Crippen LogP contribution in [0.5, 0.6) is 0 Å². The Hall–Kier alpha value is -1.03. The summed E-state index contributed by atoms with van der Waals surface area (Å²) in [6.45, 7) is 2.02. The van der Waals surface area contributed by atoms with Gasteiger partial charge in [0.05, 0.1) is 0 Å². The molecule has 17 heavy (non-hydrogen) atoms. The molecule has 0 saturated heterocycles. The van der Waals surface area contributed by atoms with Crippen LogP contribution in [-0.2, 0) is 0 Å². The molecule has 94 valence electrons. The highest BCUT2D eigenvalue weighted by Gasteiger charge is 2.21. The maximum Gasteiger partial charge on any atom is 0.409 e. The van der Waals surface area contributed by atoms with E-state index in [-0.39, 0.29) is 0 Å². The molecule has 0 N–H and O–H groups in total. The predicted molar refractivity (Wildman–Crippen MR) is 67.0 cm³/mol. The van der Waals surface area contributed by atoms with Crippen molar-refractivity contribution in [1.29, 1.82) is 0 Å². The molecule has 0 aliphatic carbocycles. The number of alkyl halides is 3. The van der Waals surface area contributed by atoms with E-state index in [0.29, 0.717) is 12.5 Å². The van der Waals surface area contributed by atoms with E-state index in [9.17, 15) is 13.2 Å². The van der Waals surface area contributed by atoms with Crippen LogP contribution in [-0.4, -0.2) is 6.18 Å². The Morgan fingerprint density at radius 3 is 2.71 bits per heavy atom. The number of thiophene rings is 1. The second-order valence-electron chi connectivity index (χ2n) is 3.71. The number of hydrogen-bond donors (Lipinski definition) is 0. The zero-order valence-electron chi connectivity index (χ0n) is 9.63. The van der Waals surface area contributed by atoms with Crippen LogP contribution in [0.3, 0.4) is 0 Å². The summed E-state index contributed by atoms with van der Waals surface area (Å²) in [5, 5.41) is 1.91. The first-order valence-electron chi connectivity index (χ1n) is 5.51. The van der Waals surface area contributed by atoms with Crippen molar-refractivity contribution < 1.29 is 13.2 Å². The third-order valence-corrected chi connectivity index (χ3v) is 3.00. The van der Waals surface area contributed by atoms with Crippen molar-refractivity contribution in [3.05, 3.63) is 40.1 Å². The molecule has 0 spiro atoms. The first kappa shape index (κ1) is 14.0. The van der Waals surface area contributed by atoms with Gasteiger partial charge < -0.3 is 0 Å². The minimum atomic E-state index is -4.24. The second-order valence-corrected chi connectivity index (χ2v) is 4.69. The number of allylic oxidation sites excluding steroid dienone is 3. The molecule has 0 aromatic carbocycles. The average Bonchev–Trinajstić information content (AvgIpc) is 2.73. The molecule has 1 heterocycles. The molecule has 0 unspecified atom stereocenters. The van der Waals surface area contributed by atoms with E-state index in [2.05, 4.69) is 0 Å². The molecule has 1 aromatic rings. The molecular weight excluding hydrogens is 245 g/mol. The van der Waals surface area contributed by atoms with E-state index < -0.39 is 6.18 Å². The van der Waals surface area contributed by atoms with Gasteiger partial charge in [-0.05, 0) is 35.9 Å². The first-order valence-corrected chi connectivity index (χ1v) is 6.39. The Morgan fingerprint density at radius 2 is 2.18 bits per heavy atom. The summed E-state index contributed by atoms with van der Waals surface area (Å²) in [4.78, 5) is 0.989. The first-order chi connectivity index (χ1) is 8.01. The van der Waals surface area contributed by atoms with Crippen LogP contribution in [0.1, 0.15) is 31.1 Å². The van der Waals surface area contributed by atoms with Gasteiger partial charge in [-0.15, -0.1) is 11.3 Å². The van der Waals surface area contributed by atoms with Crippen LogP contribution in [0.25, 0.3) is 6.08 Å². The molecule has 0 nitrogen and oxygen atoms in total. The molecule has 0 amide bonds. The van der Waals surface area contributed by atoms with Crippen LogP contribution in [0, 0.1) is 0 Å². The van der Waals surface area contributed by atoms with E-state index in [1.54, 1.807) is 0 Å². The molecule has 0 aliphatic heterocycles. The molecule has 4 heteroatoms. The molecule has 0 bridgehead atoms. The van der Waals surface area contributed by atoms with Crippen molar-refractivity contribution in [3.63, 3.8) is 0 Å². The van der Waals surface area contributed by atoms with Crippen molar-refractivity contribution in [2.75, 3.05) is 0 Å². The van der Waals surface area contributed by atoms with E-state index in [0.717, 1.165) is 23.3 Å². The smallest absolute Gasteiger partial charge is 0.167 e. The van der Waals surface area contributed by atoms with Gasteiger partial charge in [0, 0.05) is 11.0 Å². The largest absolute Gasteiger partial charge is 0.409 e. The molecule has 1 aromatic heterocycles. The van der Waals surface area contributed by atoms with Gasteiger partial charge in [-0.3, -0.25) is 0 Å². The van der Waals surface area contributed by atoms with Gasteiger partial charge in [0.1, 0.15) is 0 Å². The fourth-order valence-electron chi connectivity index (χ4n) is 1.34. The standard InChI is InChI=1S/C13H15F3S/c1-2-3-5-11(7-8-13(14,15)16)10-12-6-4-9-17-12/h4,6-10H,2-3,5H2,1H3/b8-7+,11-10+. The van der Waals surface area contributed by atoms with E-state index in [1.165, 1.54) is 17.4 Å². The minimum absolute atomic E-state index is 0.308. The van der Waals surface area contributed by atoms with Crippen molar-refractivity contribution >= 4 is 17.4 Å². The van der Waals surface area contributed by atoms with Crippen LogP contribution < -0.4 is 0 Å². The third-order valence-electron chi connectivity index (χ3n) is 2.18. The van der Waals surface area contributed by atoms with Crippen molar-refractivity contribution in [2.45, 2.75) is 32.4 Å². The predicted octanol–water partition coefficient (Wildman–Crippen LogP) is 5.44. The van der Waals surface area contributed by atoms with Gasteiger partial charge in [0.2, 0.25) is 0 Å². The molecule has 0 radical (unpaired) electrons. The average molecular weight is 260 g/mol. The fraction of sp³-hybridized carbons (Fsp3) is 0.385. The van der Waals surface area contributed by atoms with Crippen molar-refractivity contribution in [3.8, 4) is 0 Å². The Bertz CT molecular complexity index is 372. The van der Waals surface area contributed by atoms with Gasteiger partial charge in [-0.25, -0.2) is 0 Å². The van der Waals surface area contributed by atoms with Gasteiger partial charge >= 0.3 is 6.18 Å². The summed E-state index contributed by atoms with van der Waals surface area (Å²) < 4.78 is 36.3. The Labute approximate surface area is 103 Å². The lowest BCUT2D eigenvalue weighted by molar-refractivity contribution is -0.0798. The van der Waals surface area contributed by atoms with Crippen LogP contribution in [0.4, 0.5) is 13.2 Å². The van der Waals surface area contributed by atoms with Crippen molar-refractivity contribution in [2.24, 2.45) is 0 Å². The topological polar surface area (TPSA) is 0 Å². The fourth-order valence-corrected chi connectivity index (χ4v) is 2.03. The van der Waals surface area contributed by atoms with Crippen LogP contribution in [0.2, 0.25) is 0 Å². The lowest BCUT2D eigenvalue weighted by Crippen LogP contribution is -2.00. The molecule has 0 aliphatic rings. The quantitative estimate of drug-likeness (QED) is 0.618. The zero-order chi connectivity index (χ0) is 12.7. The summed E-state index contributed by atoms with van der Waals surface area (Å²) in [5.74, 6) is 0. The number of unbranched alkanes of at least 4 members (excludes halogenated alkanes) is 1. The Kier molecular flexibility index (Phi) is 5.48. The normalized spacial score (nSPS) is 13.5. The number of hydrogen-bond acceptors (Lipinski definition) is 1. The zero-order valence-corrected chi connectivity index (χ0v) is 10.4. The monoisotopic (exact) mass is 260 g/mol. The lowest BCUT2D eigenvalue weighted by Gasteiger charge is -2.02. The summed E-state index contributed by atoms with van der Waals surface area (Å²) in [7, 11) is 0. The summed E-state index contributed by atoms with van der Waals surface area (Å²) >= 11 is 1.53. The van der Waals surface area contributed by atoms with Gasteiger partial charge in [0.25, 0.3) is 0 Å². The molecular formula is C13H15F3S. The van der Waals surface area contributed by atoms with Gasteiger partial charge in [-0.1, -0.05) is 25.5 Å². The van der Waals surface area contributed by atoms with E-state index in [1.807, 2.05) is 30.5 Å². The van der Waals surface area contributed by atoms with Crippen LogP contribution >= 0.6 is 11.3 Å². The highest BCUT2D eigenvalue weighted by Crippen LogP contribution is 2.21. The van der Waals surface area contributed by atoms with Crippen molar-refractivity contribution in [1.82, 2.24) is 0 Å². The maximum atomic E-state index is 12.1. The van der Waals surface area contributed by atoms with E-state index in [4.69, 9.17) is 0 Å². The Morgan fingerprint density at radius 1 is 1.41 bits per heavy atom. The number of rotatable bonds is 5. The summed E-state index contributed by atoms with van der Waals surface area (Å²) in [6, 6.07) is 3.79. The SMILES string of the molecule is CCCCC(/C=C/C(F)(F)F)=C\c1cccs1.